The smallest absolute Gasteiger partial charge is 0.306 e. The Kier molecular flexibility index (Phi) is 45.5. The summed E-state index contributed by atoms with van der Waals surface area (Å²) >= 11 is 0. The minimum atomic E-state index is -0.566. The summed E-state index contributed by atoms with van der Waals surface area (Å²) < 4.78 is 17.3. The first kappa shape index (κ1) is 54.8. The summed E-state index contributed by atoms with van der Waals surface area (Å²) in [6.45, 7) is 7.51. The lowest BCUT2D eigenvalue weighted by Crippen LogP contribution is -2.30. The van der Waals surface area contributed by atoms with Crippen LogP contribution in [0, 0.1) is 0 Å². The number of hydrogen-bond donors (Lipinski definition) is 0. The van der Waals surface area contributed by atoms with Gasteiger partial charge in [0.25, 0.3) is 0 Å². The Morgan fingerprint density at radius 2 is 0.776 bits per heavy atom. The SMILES string of the molecule is CC/C=C\C/C=C\C/C=C\C/C=C\C/C=C\CCCCCC(=O)OCC(COCCCCCCCCCCCC)OC(=O)CCCCC/C=C\C/C=C\C/C=C\CC. The summed E-state index contributed by atoms with van der Waals surface area (Å²) in [6, 6.07) is 0. The maximum atomic E-state index is 12.7. The third kappa shape index (κ3) is 45.5. The predicted molar refractivity (Wildman–Crippen MR) is 251 cm³/mol. The van der Waals surface area contributed by atoms with E-state index in [9.17, 15) is 9.59 Å². The molecule has 0 aliphatic rings. The Balaban J connectivity index is 4.34. The van der Waals surface area contributed by atoms with E-state index in [0.717, 1.165) is 116 Å². The molecular weight excluding hydrogens is 717 g/mol. The van der Waals surface area contributed by atoms with Crippen molar-refractivity contribution >= 4 is 11.9 Å². The van der Waals surface area contributed by atoms with Crippen LogP contribution in [0.1, 0.15) is 201 Å². The molecule has 0 aromatic heterocycles. The van der Waals surface area contributed by atoms with E-state index in [4.69, 9.17) is 14.2 Å². The molecule has 0 aliphatic heterocycles. The van der Waals surface area contributed by atoms with Crippen LogP contribution in [0.15, 0.2) is 97.2 Å². The van der Waals surface area contributed by atoms with Crippen molar-refractivity contribution in [3.63, 3.8) is 0 Å². The van der Waals surface area contributed by atoms with Crippen LogP contribution in [0.25, 0.3) is 0 Å². The fourth-order valence-corrected chi connectivity index (χ4v) is 6.14. The average molecular weight is 805 g/mol. The van der Waals surface area contributed by atoms with Gasteiger partial charge >= 0.3 is 11.9 Å². The van der Waals surface area contributed by atoms with Crippen LogP contribution in [-0.4, -0.2) is 37.9 Å². The van der Waals surface area contributed by atoms with Gasteiger partial charge in [-0.3, -0.25) is 9.59 Å². The second-order valence-electron chi connectivity index (χ2n) is 15.3. The van der Waals surface area contributed by atoms with E-state index < -0.39 is 6.10 Å². The van der Waals surface area contributed by atoms with Gasteiger partial charge in [0.05, 0.1) is 6.61 Å². The molecule has 330 valence electrons. The first-order valence-corrected chi connectivity index (χ1v) is 23.8. The second-order valence-corrected chi connectivity index (χ2v) is 15.3. The number of carbonyl (C=O) groups is 2. The third-order valence-corrected chi connectivity index (χ3v) is 9.62. The fraction of sp³-hybridized carbons (Fsp3) is 0.660. The van der Waals surface area contributed by atoms with Gasteiger partial charge in [0.15, 0.2) is 6.10 Å². The van der Waals surface area contributed by atoms with Crippen molar-refractivity contribution < 1.29 is 23.8 Å². The van der Waals surface area contributed by atoms with E-state index in [1.54, 1.807) is 0 Å². The molecule has 0 fully saturated rings. The standard InChI is InChI=1S/C53H88O5/c1-4-7-10-13-16-19-22-24-25-26-27-28-29-31-32-34-37-40-43-46-52(54)57-50-51(49-56-48-45-42-39-36-21-18-15-12-9-6-3)58-53(55)47-44-41-38-35-33-30-23-20-17-14-11-8-5-2/h7-8,10-11,16-17,19-20,24-25,27-28,30-33,51H,4-6,9,12-15,18,21-23,26,29,34-50H2,1-3H3/b10-7-,11-8-,19-16-,20-17-,25-24-,28-27-,32-31-,33-30-. The molecule has 0 rings (SSSR count). The summed E-state index contributed by atoms with van der Waals surface area (Å²) in [5, 5.41) is 0. The first-order chi connectivity index (χ1) is 28.6. The van der Waals surface area contributed by atoms with Gasteiger partial charge in [-0.05, 0) is 96.3 Å². The highest BCUT2D eigenvalue weighted by molar-refractivity contribution is 5.70. The summed E-state index contributed by atoms with van der Waals surface area (Å²) in [6.07, 6.45) is 64.1. The van der Waals surface area contributed by atoms with Crippen molar-refractivity contribution in [3.05, 3.63) is 97.2 Å². The van der Waals surface area contributed by atoms with E-state index in [1.165, 1.54) is 51.4 Å². The first-order valence-electron chi connectivity index (χ1n) is 23.8. The molecule has 5 heteroatoms. The number of hydrogen-bond acceptors (Lipinski definition) is 5. The van der Waals surface area contributed by atoms with E-state index in [0.29, 0.717) is 19.4 Å². The normalized spacial score (nSPS) is 13.1. The van der Waals surface area contributed by atoms with E-state index in [2.05, 4.69) is 118 Å². The molecule has 0 bridgehead atoms. The van der Waals surface area contributed by atoms with Gasteiger partial charge in [-0.25, -0.2) is 0 Å². The van der Waals surface area contributed by atoms with Gasteiger partial charge in [-0.2, -0.15) is 0 Å². The van der Waals surface area contributed by atoms with Crippen LogP contribution < -0.4 is 0 Å². The van der Waals surface area contributed by atoms with Crippen molar-refractivity contribution in [1.82, 2.24) is 0 Å². The van der Waals surface area contributed by atoms with Crippen LogP contribution >= 0.6 is 0 Å². The minimum Gasteiger partial charge on any atom is -0.462 e. The van der Waals surface area contributed by atoms with Crippen LogP contribution in [0.3, 0.4) is 0 Å². The highest BCUT2D eigenvalue weighted by Crippen LogP contribution is 2.12. The van der Waals surface area contributed by atoms with E-state index >= 15 is 0 Å². The monoisotopic (exact) mass is 805 g/mol. The van der Waals surface area contributed by atoms with E-state index in [1.807, 2.05) is 0 Å². The predicted octanol–water partition coefficient (Wildman–Crippen LogP) is 15.9. The van der Waals surface area contributed by atoms with Gasteiger partial charge < -0.3 is 14.2 Å². The van der Waals surface area contributed by atoms with Crippen LogP contribution in [0.5, 0.6) is 0 Å². The van der Waals surface area contributed by atoms with Gasteiger partial charge in [0.2, 0.25) is 0 Å². The minimum absolute atomic E-state index is 0.0524. The largest absolute Gasteiger partial charge is 0.462 e. The number of allylic oxidation sites excluding steroid dienone is 16. The maximum absolute atomic E-state index is 12.7. The van der Waals surface area contributed by atoms with Crippen molar-refractivity contribution in [3.8, 4) is 0 Å². The molecule has 0 radical (unpaired) electrons. The van der Waals surface area contributed by atoms with Gasteiger partial charge in [0, 0.05) is 19.4 Å². The van der Waals surface area contributed by atoms with Crippen molar-refractivity contribution in [1.29, 1.82) is 0 Å². The number of esters is 2. The number of unbranched alkanes of at least 4 members (excludes halogenated alkanes) is 15. The molecule has 0 amide bonds. The van der Waals surface area contributed by atoms with Crippen molar-refractivity contribution in [2.24, 2.45) is 0 Å². The average Bonchev–Trinajstić information content (AvgIpc) is 3.22. The molecule has 0 aromatic rings. The zero-order valence-electron chi connectivity index (χ0n) is 37.8. The molecule has 0 heterocycles. The zero-order chi connectivity index (χ0) is 42.1. The number of ether oxygens (including phenoxy) is 3. The molecule has 5 nitrogen and oxygen atoms in total. The molecule has 1 unspecified atom stereocenters. The Morgan fingerprint density at radius 1 is 0.397 bits per heavy atom. The lowest BCUT2D eigenvalue weighted by molar-refractivity contribution is -0.163. The second kappa shape index (κ2) is 48.2. The van der Waals surface area contributed by atoms with Crippen LogP contribution in [0.4, 0.5) is 0 Å². The summed E-state index contributed by atoms with van der Waals surface area (Å²) in [5.41, 5.74) is 0. The Labute approximate surface area is 358 Å². The van der Waals surface area contributed by atoms with Gasteiger partial charge in [-0.15, -0.1) is 0 Å². The third-order valence-electron chi connectivity index (χ3n) is 9.62. The molecule has 0 saturated carbocycles. The molecular formula is C53H88O5. The molecule has 0 aliphatic carbocycles. The highest BCUT2D eigenvalue weighted by atomic mass is 16.6. The van der Waals surface area contributed by atoms with Crippen LogP contribution in [0.2, 0.25) is 0 Å². The van der Waals surface area contributed by atoms with Crippen molar-refractivity contribution in [2.75, 3.05) is 19.8 Å². The van der Waals surface area contributed by atoms with Gasteiger partial charge in [-0.1, -0.05) is 189 Å². The molecule has 0 saturated heterocycles. The molecule has 0 spiro atoms. The quantitative estimate of drug-likeness (QED) is 0.0349. The Morgan fingerprint density at radius 3 is 1.22 bits per heavy atom. The Hall–Kier alpha value is -3.18. The lowest BCUT2D eigenvalue weighted by Gasteiger charge is -2.18. The summed E-state index contributed by atoms with van der Waals surface area (Å²) in [7, 11) is 0. The molecule has 0 N–H and O–H groups in total. The topological polar surface area (TPSA) is 61.8 Å². The summed E-state index contributed by atoms with van der Waals surface area (Å²) in [5.74, 6) is -0.473. The summed E-state index contributed by atoms with van der Waals surface area (Å²) in [4.78, 5) is 25.3. The Bertz CT molecular complexity index is 1140. The highest BCUT2D eigenvalue weighted by Gasteiger charge is 2.17. The molecule has 1 atom stereocenters. The van der Waals surface area contributed by atoms with Crippen LogP contribution in [-0.2, 0) is 23.8 Å². The van der Waals surface area contributed by atoms with Gasteiger partial charge in [0.1, 0.15) is 6.61 Å². The van der Waals surface area contributed by atoms with E-state index in [-0.39, 0.29) is 25.2 Å². The lowest BCUT2D eigenvalue weighted by atomic mass is 10.1. The number of carbonyl (C=O) groups excluding carboxylic acids is 2. The van der Waals surface area contributed by atoms with Crippen molar-refractivity contribution in [2.45, 2.75) is 207 Å². The zero-order valence-corrected chi connectivity index (χ0v) is 37.8. The molecule has 58 heavy (non-hydrogen) atoms. The maximum Gasteiger partial charge on any atom is 0.306 e. The molecule has 0 aromatic carbocycles. The number of rotatable bonds is 42. The fourth-order valence-electron chi connectivity index (χ4n) is 6.14.